The first kappa shape index (κ1) is 34.0. The van der Waals surface area contributed by atoms with Crippen molar-refractivity contribution in [1.29, 1.82) is 0 Å². The number of hydrogen-bond donors (Lipinski definition) is 3. The molecule has 43 heavy (non-hydrogen) atoms. The highest BCUT2D eigenvalue weighted by Gasteiger charge is 2.46. The Morgan fingerprint density at radius 2 is 1.74 bits per heavy atom. The van der Waals surface area contributed by atoms with Crippen molar-refractivity contribution in [3.63, 3.8) is 0 Å². The second-order valence-electron chi connectivity index (χ2n) is 10.9. The van der Waals surface area contributed by atoms with Gasteiger partial charge in [0.2, 0.25) is 12.7 Å². The van der Waals surface area contributed by atoms with Gasteiger partial charge in [0.1, 0.15) is 18.1 Å². The molecular weight excluding hydrogens is 620 g/mol. The van der Waals surface area contributed by atoms with Gasteiger partial charge in [-0.25, -0.2) is 4.98 Å². The first-order valence-electron chi connectivity index (χ1n) is 14.2. The lowest BCUT2D eigenvalue weighted by Crippen LogP contribution is -2.32. The largest absolute Gasteiger partial charge is 0.388 e. The minimum atomic E-state index is -3.77. The minimum Gasteiger partial charge on any atom is -0.388 e. The Morgan fingerprint density at radius 3 is 2.37 bits per heavy atom. The molecule has 5 atom stereocenters. The van der Waals surface area contributed by atoms with Crippen LogP contribution in [0.25, 0.3) is 11.2 Å². The van der Waals surface area contributed by atoms with Crippen LogP contribution in [0.1, 0.15) is 52.8 Å². The summed E-state index contributed by atoms with van der Waals surface area (Å²) in [7, 11) is -7.34. The van der Waals surface area contributed by atoms with Gasteiger partial charge >= 0.3 is 7.60 Å². The Bertz CT molecular complexity index is 1450. The lowest BCUT2D eigenvalue weighted by Gasteiger charge is -2.27. The second kappa shape index (κ2) is 14.5. The minimum absolute atomic E-state index is 0.0382. The molecule has 1 saturated heterocycles. The number of rotatable bonds is 15. The SMILES string of the molecule is CCOP(=O)(CC[C@H]1O[C@@H](n2cnc3c(NCc4ccccc4)nc(Cl)nc32)[C@H](O)[C@@H]1O)CP(=O)(OC(C)C)OC(C)C. The van der Waals surface area contributed by atoms with Gasteiger partial charge in [0.15, 0.2) is 23.2 Å². The smallest absolute Gasteiger partial charge is 0.340 e. The zero-order valence-electron chi connectivity index (χ0n) is 24.9. The van der Waals surface area contributed by atoms with Crippen LogP contribution < -0.4 is 5.32 Å². The molecule has 13 nitrogen and oxygen atoms in total. The lowest BCUT2D eigenvalue weighted by atomic mass is 10.1. The molecule has 0 saturated carbocycles. The van der Waals surface area contributed by atoms with Crippen LogP contribution in [0.2, 0.25) is 5.28 Å². The first-order valence-corrected chi connectivity index (χ1v) is 18.3. The van der Waals surface area contributed by atoms with E-state index in [9.17, 15) is 19.3 Å². The molecule has 0 radical (unpaired) electrons. The maximum atomic E-state index is 13.9. The van der Waals surface area contributed by atoms with E-state index in [1.165, 1.54) is 10.9 Å². The molecule has 3 heterocycles. The zero-order chi connectivity index (χ0) is 31.4. The van der Waals surface area contributed by atoms with Crippen molar-refractivity contribution in [3.8, 4) is 0 Å². The van der Waals surface area contributed by atoms with E-state index in [1.54, 1.807) is 34.6 Å². The van der Waals surface area contributed by atoms with Gasteiger partial charge in [-0.1, -0.05) is 30.3 Å². The lowest BCUT2D eigenvalue weighted by molar-refractivity contribution is -0.0355. The van der Waals surface area contributed by atoms with Gasteiger partial charge in [-0.3, -0.25) is 13.7 Å². The standard InChI is InChI=1S/C27H40ClN5O8P2/c1-6-38-42(36,16-43(37,40-17(2)3)41-18(4)5)13-12-20-22(34)23(35)26(39-20)33-15-30-21-24(31-27(28)32-25(21)33)29-14-19-10-8-7-9-11-19/h7-11,15,17-18,20,22-23,26,34-35H,6,12-14,16H2,1-5H3,(H,29,31,32)/t20-,22-,23-,26-,42?/m1/s1. The van der Waals surface area contributed by atoms with Crippen LogP contribution in [0.3, 0.4) is 0 Å². The predicted octanol–water partition coefficient (Wildman–Crippen LogP) is 5.42. The summed E-state index contributed by atoms with van der Waals surface area (Å²) in [6.45, 7) is 9.13. The topological polar surface area (TPSA) is 167 Å². The molecule has 16 heteroatoms. The molecule has 1 aromatic carbocycles. The monoisotopic (exact) mass is 659 g/mol. The van der Waals surface area contributed by atoms with Crippen molar-refractivity contribution < 1.29 is 37.7 Å². The summed E-state index contributed by atoms with van der Waals surface area (Å²) >= 11 is 6.24. The van der Waals surface area contributed by atoms with Crippen molar-refractivity contribution in [2.45, 2.75) is 84.3 Å². The number of aromatic nitrogens is 4. The number of aliphatic hydroxyl groups is 2. The predicted molar refractivity (Wildman–Crippen MR) is 164 cm³/mol. The summed E-state index contributed by atoms with van der Waals surface area (Å²) in [4.78, 5) is 13.0. The summed E-state index contributed by atoms with van der Waals surface area (Å²) in [5.41, 5.74) is 1.73. The number of hydrogen-bond acceptors (Lipinski definition) is 12. The number of anilines is 1. The normalized spacial score (nSPS) is 22.5. The number of nitrogens with one attached hydrogen (secondary N) is 1. The van der Waals surface area contributed by atoms with Gasteiger partial charge in [0, 0.05) is 12.7 Å². The van der Waals surface area contributed by atoms with Gasteiger partial charge in [-0.2, -0.15) is 9.97 Å². The summed E-state index contributed by atoms with van der Waals surface area (Å²) in [5.74, 6) is -0.0178. The van der Waals surface area contributed by atoms with E-state index in [0.29, 0.717) is 23.5 Å². The van der Waals surface area contributed by atoms with E-state index in [-0.39, 0.29) is 24.5 Å². The number of ether oxygens (including phenoxy) is 1. The fourth-order valence-corrected chi connectivity index (χ4v) is 11.2. The molecule has 1 aliphatic rings. The third-order valence-electron chi connectivity index (χ3n) is 6.56. The Morgan fingerprint density at radius 1 is 1.07 bits per heavy atom. The maximum Gasteiger partial charge on any atom is 0.340 e. The third kappa shape index (κ3) is 8.63. The average Bonchev–Trinajstić information content (AvgIpc) is 3.45. The van der Waals surface area contributed by atoms with E-state index in [4.69, 9.17) is 29.9 Å². The summed E-state index contributed by atoms with van der Waals surface area (Å²) in [6.07, 6.45) is -4.12. The van der Waals surface area contributed by atoms with Crippen LogP contribution in [0.5, 0.6) is 0 Å². The van der Waals surface area contributed by atoms with E-state index >= 15 is 0 Å². The average molecular weight is 660 g/mol. The Labute approximate surface area is 256 Å². The number of imidazole rings is 1. The molecule has 2 aromatic heterocycles. The van der Waals surface area contributed by atoms with E-state index in [0.717, 1.165) is 5.56 Å². The van der Waals surface area contributed by atoms with Crippen molar-refractivity contribution in [2.75, 3.05) is 24.0 Å². The molecule has 4 rings (SSSR count). The fraction of sp³-hybridized carbons (Fsp3) is 0.593. The highest BCUT2D eigenvalue weighted by atomic mass is 35.5. The number of fused-ring (bicyclic) bond motifs is 1. The van der Waals surface area contributed by atoms with Crippen molar-refractivity contribution >= 4 is 43.5 Å². The third-order valence-corrected chi connectivity index (χ3v) is 13.0. The van der Waals surface area contributed by atoms with E-state index in [1.807, 2.05) is 30.3 Å². The van der Waals surface area contributed by atoms with Gasteiger partial charge in [-0.15, -0.1) is 0 Å². The van der Waals surface area contributed by atoms with Gasteiger partial charge < -0.3 is 33.8 Å². The quantitative estimate of drug-likeness (QED) is 0.140. The van der Waals surface area contributed by atoms with E-state index < -0.39 is 57.6 Å². The molecule has 0 bridgehead atoms. The molecule has 0 amide bonds. The summed E-state index contributed by atoms with van der Waals surface area (Å²) < 4.78 is 51.7. The molecule has 3 aromatic rings. The van der Waals surface area contributed by atoms with E-state index in [2.05, 4.69) is 20.3 Å². The first-order chi connectivity index (χ1) is 20.3. The molecule has 3 N–H and O–H groups in total. The molecule has 0 aliphatic carbocycles. The molecule has 0 spiro atoms. The van der Waals surface area contributed by atoms with Gasteiger partial charge in [0.05, 0.1) is 31.2 Å². The summed E-state index contributed by atoms with van der Waals surface area (Å²) in [6, 6.07) is 9.72. The van der Waals surface area contributed by atoms with Crippen molar-refractivity contribution in [2.24, 2.45) is 0 Å². The van der Waals surface area contributed by atoms with Gasteiger partial charge in [-0.05, 0) is 58.2 Å². The fourth-order valence-electron chi connectivity index (χ4n) is 4.91. The molecule has 1 unspecified atom stereocenters. The molecule has 238 valence electrons. The highest BCUT2D eigenvalue weighted by molar-refractivity contribution is 7.73. The number of aliphatic hydroxyl groups excluding tert-OH is 2. The number of benzene rings is 1. The molecule has 1 aliphatic heterocycles. The second-order valence-corrected chi connectivity index (χ2v) is 16.3. The van der Waals surface area contributed by atoms with Crippen LogP contribution in [0, 0.1) is 0 Å². The van der Waals surface area contributed by atoms with Gasteiger partial charge in [0.25, 0.3) is 0 Å². The van der Waals surface area contributed by atoms with Crippen molar-refractivity contribution in [1.82, 2.24) is 19.5 Å². The Kier molecular flexibility index (Phi) is 11.4. The number of nitrogens with zero attached hydrogens (tertiary/aromatic N) is 4. The molecule has 1 fully saturated rings. The zero-order valence-corrected chi connectivity index (χ0v) is 27.4. The maximum absolute atomic E-state index is 13.9. The number of halogens is 1. The summed E-state index contributed by atoms with van der Waals surface area (Å²) in [5, 5.41) is 25.0. The van der Waals surface area contributed by atoms with Crippen LogP contribution >= 0.6 is 26.6 Å². The Balaban J connectivity index is 1.51. The van der Waals surface area contributed by atoms with Crippen LogP contribution in [0.4, 0.5) is 5.82 Å². The van der Waals surface area contributed by atoms with Crippen LogP contribution in [-0.2, 0) is 34.0 Å². The molecular formula is C27H40ClN5O8P2. The van der Waals surface area contributed by atoms with Crippen molar-refractivity contribution in [3.05, 3.63) is 47.5 Å². The Hall–Kier alpha value is -1.92. The van der Waals surface area contributed by atoms with Crippen LogP contribution in [-0.4, -0.2) is 78.9 Å². The highest BCUT2D eigenvalue weighted by Crippen LogP contribution is 2.64. The van der Waals surface area contributed by atoms with Crippen LogP contribution in [0.15, 0.2) is 36.7 Å².